The van der Waals surface area contributed by atoms with E-state index in [9.17, 15) is 9.59 Å². The van der Waals surface area contributed by atoms with Gasteiger partial charge >= 0.3 is 0 Å². The molecule has 1 atom stereocenters. The predicted molar refractivity (Wildman–Crippen MR) is 120 cm³/mol. The number of benzene rings is 2. The number of amides is 2. The third-order valence-electron chi connectivity index (χ3n) is 5.09. The highest BCUT2D eigenvalue weighted by Gasteiger charge is 2.29. The minimum Gasteiger partial charge on any atom is -0.496 e. The van der Waals surface area contributed by atoms with E-state index in [0.717, 1.165) is 5.56 Å². The molecule has 0 aliphatic carbocycles. The summed E-state index contributed by atoms with van der Waals surface area (Å²) < 4.78 is 15.9. The summed E-state index contributed by atoms with van der Waals surface area (Å²) >= 11 is 0. The molecule has 0 saturated carbocycles. The van der Waals surface area contributed by atoms with Crippen LogP contribution in [-0.2, 0) is 11.3 Å². The molecule has 2 aromatic carbocycles. The Kier molecular flexibility index (Phi) is 8.73. The molecule has 7 heteroatoms. The van der Waals surface area contributed by atoms with E-state index in [-0.39, 0.29) is 17.7 Å². The second-order valence-electron chi connectivity index (χ2n) is 7.44. The number of nitrogens with one attached hydrogen (secondary N) is 1. The second-order valence-corrected chi connectivity index (χ2v) is 7.44. The molecule has 7 nitrogen and oxygen atoms in total. The fourth-order valence-electron chi connectivity index (χ4n) is 3.31. The number of likely N-dealkylation sites (N-methyl/N-ethyl adjacent to an activating group) is 1. The maximum Gasteiger partial charge on any atom is 0.255 e. The Bertz CT molecular complexity index is 897. The van der Waals surface area contributed by atoms with Crippen LogP contribution >= 0.6 is 0 Å². The molecule has 0 bridgehead atoms. The van der Waals surface area contributed by atoms with Gasteiger partial charge in [0, 0.05) is 13.1 Å². The van der Waals surface area contributed by atoms with Crippen molar-refractivity contribution in [2.45, 2.75) is 33.4 Å². The van der Waals surface area contributed by atoms with Gasteiger partial charge in [-0.3, -0.25) is 9.59 Å². The van der Waals surface area contributed by atoms with Crippen LogP contribution in [0.4, 0.5) is 0 Å². The Morgan fingerprint density at radius 1 is 0.935 bits per heavy atom. The van der Waals surface area contributed by atoms with Crippen LogP contribution in [0.3, 0.4) is 0 Å². The van der Waals surface area contributed by atoms with Gasteiger partial charge in [0.25, 0.3) is 5.91 Å². The van der Waals surface area contributed by atoms with Crippen LogP contribution in [0.15, 0.2) is 42.5 Å². The largest absolute Gasteiger partial charge is 0.496 e. The molecule has 0 aliphatic rings. The van der Waals surface area contributed by atoms with Crippen molar-refractivity contribution in [3.8, 4) is 17.2 Å². The maximum atomic E-state index is 13.3. The van der Waals surface area contributed by atoms with Crippen LogP contribution < -0.4 is 19.5 Å². The van der Waals surface area contributed by atoms with E-state index in [2.05, 4.69) is 5.32 Å². The molecule has 2 aromatic rings. The standard InChI is InChI=1S/C24H32N2O5/c1-7-26(15-17-12-13-20(30-5)21(14-17)31-6)24(28)22(16(2)3)25-23(27)18-10-8-9-11-19(18)29-4/h8-14,16,22H,7,15H2,1-6H3,(H,25,27). The number of carbonyl (C=O) groups excluding carboxylic acids is 2. The third kappa shape index (κ3) is 5.90. The lowest BCUT2D eigenvalue weighted by molar-refractivity contribution is -0.134. The number of hydrogen-bond acceptors (Lipinski definition) is 5. The Morgan fingerprint density at radius 3 is 2.16 bits per heavy atom. The Morgan fingerprint density at radius 2 is 1.58 bits per heavy atom. The molecule has 31 heavy (non-hydrogen) atoms. The smallest absolute Gasteiger partial charge is 0.255 e. The molecule has 0 spiro atoms. The fourth-order valence-corrected chi connectivity index (χ4v) is 3.31. The van der Waals surface area contributed by atoms with Crippen LogP contribution in [0.1, 0.15) is 36.7 Å². The van der Waals surface area contributed by atoms with Crippen molar-refractivity contribution in [2.24, 2.45) is 5.92 Å². The third-order valence-corrected chi connectivity index (χ3v) is 5.09. The number of methoxy groups -OCH3 is 3. The summed E-state index contributed by atoms with van der Waals surface area (Å²) in [5.41, 5.74) is 1.30. The Labute approximate surface area is 184 Å². The lowest BCUT2D eigenvalue weighted by Crippen LogP contribution is -2.51. The van der Waals surface area contributed by atoms with Crippen LogP contribution in [-0.4, -0.2) is 50.6 Å². The average Bonchev–Trinajstić information content (AvgIpc) is 2.79. The molecule has 0 aromatic heterocycles. The first kappa shape index (κ1) is 24.1. The van der Waals surface area contributed by atoms with Gasteiger partial charge < -0.3 is 24.4 Å². The van der Waals surface area contributed by atoms with E-state index in [0.29, 0.717) is 35.9 Å². The first-order chi connectivity index (χ1) is 14.9. The summed E-state index contributed by atoms with van der Waals surface area (Å²) in [6.07, 6.45) is 0. The van der Waals surface area contributed by atoms with Crippen molar-refractivity contribution in [3.05, 3.63) is 53.6 Å². The highest BCUT2D eigenvalue weighted by atomic mass is 16.5. The number of hydrogen-bond donors (Lipinski definition) is 1. The average molecular weight is 429 g/mol. The van der Waals surface area contributed by atoms with Crippen molar-refractivity contribution < 1.29 is 23.8 Å². The van der Waals surface area contributed by atoms with E-state index < -0.39 is 6.04 Å². The number of ether oxygens (including phenoxy) is 3. The summed E-state index contributed by atoms with van der Waals surface area (Å²) in [6.45, 7) is 6.63. The monoisotopic (exact) mass is 428 g/mol. The molecule has 0 aliphatic heterocycles. The zero-order valence-corrected chi connectivity index (χ0v) is 19.1. The van der Waals surface area contributed by atoms with Crippen molar-refractivity contribution >= 4 is 11.8 Å². The van der Waals surface area contributed by atoms with E-state index in [1.54, 1.807) is 43.4 Å². The van der Waals surface area contributed by atoms with E-state index in [4.69, 9.17) is 14.2 Å². The van der Waals surface area contributed by atoms with Crippen molar-refractivity contribution in [3.63, 3.8) is 0 Å². The highest BCUT2D eigenvalue weighted by Crippen LogP contribution is 2.28. The van der Waals surface area contributed by atoms with Crippen molar-refractivity contribution in [2.75, 3.05) is 27.9 Å². The van der Waals surface area contributed by atoms with Crippen LogP contribution in [0, 0.1) is 5.92 Å². The van der Waals surface area contributed by atoms with Crippen LogP contribution in [0.5, 0.6) is 17.2 Å². The Hall–Kier alpha value is -3.22. The molecule has 0 radical (unpaired) electrons. The van der Waals surface area contributed by atoms with E-state index in [1.807, 2.05) is 39.0 Å². The summed E-state index contributed by atoms with van der Waals surface area (Å²) in [5, 5.41) is 2.89. The van der Waals surface area contributed by atoms with Gasteiger partial charge in [-0.15, -0.1) is 0 Å². The number of rotatable bonds is 10. The summed E-state index contributed by atoms with van der Waals surface area (Å²) in [7, 11) is 4.67. The molecule has 2 amide bonds. The first-order valence-electron chi connectivity index (χ1n) is 10.3. The van der Waals surface area contributed by atoms with Crippen LogP contribution in [0.25, 0.3) is 0 Å². The van der Waals surface area contributed by atoms with Gasteiger partial charge in [0.05, 0.1) is 26.9 Å². The van der Waals surface area contributed by atoms with E-state index in [1.165, 1.54) is 7.11 Å². The van der Waals surface area contributed by atoms with Gasteiger partial charge in [-0.1, -0.05) is 32.0 Å². The van der Waals surface area contributed by atoms with Gasteiger partial charge in [-0.25, -0.2) is 0 Å². The topological polar surface area (TPSA) is 77.1 Å². The van der Waals surface area contributed by atoms with Gasteiger partial charge in [-0.2, -0.15) is 0 Å². The quantitative estimate of drug-likeness (QED) is 0.627. The molecule has 1 N–H and O–H groups in total. The number of carbonyl (C=O) groups is 2. The molecule has 0 fully saturated rings. The Balaban J connectivity index is 2.21. The highest BCUT2D eigenvalue weighted by molar-refractivity contribution is 5.99. The van der Waals surface area contributed by atoms with Gasteiger partial charge in [0.1, 0.15) is 11.8 Å². The molecule has 0 heterocycles. The van der Waals surface area contributed by atoms with Gasteiger partial charge in [-0.05, 0) is 42.7 Å². The lowest BCUT2D eigenvalue weighted by Gasteiger charge is -2.29. The molecule has 1 unspecified atom stereocenters. The predicted octanol–water partition coefficient (Wildman–Crippen LogP) is 3.52. The minimum absolute atomic E-state index is 0.0920. The van der Waals surface area contributed by atoms with Crippen LogP contribution in [0.2, 0.25) is 0 Å². The zero-order chi connectivity index (χ0) is 23.0. The second kappa shape index (κ2) is 11.2. The van der Waals surface area contributed by atoms with E-state index >= 15 is 0 Å². The molecule has 0 saturated heterocycles. The SMILES string of the molecule is CCN(Cc1ccc(OC)c(OC)c1)C(=O)C(NC(=O)c1ccccc1OC)C(C)C. The summed E-state index contributed by atoms with van der Waals surface area (Å²) in [6, 6.07) is 11.9. The molecular formula is C24H32N2O5. The van der Waals surface area contributed by atoms with Crippen molar-refractivity contribution in [1.82, 2.24) is 10.2 Å². The molecular weight excluding hydrogens is 396 g/mol. The minimum atomic E-state index is -0.669. The van der Waals surface area contributed by atoms with Gasteiger partial charge in [0.15, 0.2) is 11.5 Å². The molecule has 168 valence electrons. The zero-order valence-electron chi connectivity index (χ0n) is 19.1. The van der Waals surface area contributed by atoms with Crippen molar-refractivity contribution in [1.29, 1.82) is 0 Å². The molecule has 2 rings (SSSR count). The lowest BCUT2D eigenvalue weighted by atomic mass is 10.0. The maximum absolute atomic E-state index is 13.3. The first-order valence-corrected chi connectivity index (χ1v) is 10.3. The summed E-state index contributed by atoms with van der Waals surface area (Å²) in [4.78, 5) is 27.9. The normalized spacial score (nSPS) is 11.6. The number of para-hydroxylation sites is 1. The summed E-state index contributed by atoms with van der Waals surface area (Å²) in [5.74, 6) is 1.12. The number of nitrogens with zero attached hydrogens (tertiary/aromatic N) is 1. The van der Waals surface area contributed by atoms with Gasteiger partial charge in [0.2, 0.25) is 5.91 Å². The fraction of sp³-hybridized carbons (Fsp3) is 0.417.